The SMILES string of the molecule is Fc1cc(-c2ccc(OC3CCCCC3)nc2)ccc1-c1ncc(-c2ccccc2)[nH]1. The van der Waals surface area contributed by atoms with E-state index in [4.69, 9.17) is 4.74 Å². The minimum Gasteiger partial charge on any atom is -0.474 e. The average molecular weight is 413 g/mol. The molecule has 2 heterocycles. The van der Waals surface area contributed by atoms with Crippen LogP contribution in [-0.4, -0.2) is 21.1 Å². The molecule has 5 heteroatoms. The fraction of sp³-hybridized carbons (Fsp3) is 0.231. The first-order chi connectivity index (χ1) is 15.3. The molecule has 2 aromatic carbocycles. The summed E-state index contributed by atoms with van der Waals surface area (Å²) >= 11 is 0. The summed E-state index contributed by atoms with van der Waals surface area (Å²) in [4.78, 5) is 12.0. The van der Waals surface area contributed by atoms with Gasteiger partial charge in [-0.2, -0.15) is 0 Å². The van der Waals surface area contributed by atoms with Gasteiger partial charge in [0.25, 0.3) is 0 Å². The molecule has 0 aliphatic heterocycles. The zero-order chi connectivity index (χ0) is 21.0. The van der Waals surface area contributed by atoms with Crippen molar-refractivity contribution >= 4 is 0 Å². The molecule has 1 aliphatic rings. The lowest BCUT2D eigenvalue weighted by atomic mass is 9.98. The Morgan fingerprint density at radius 1 is 0.806 bits per heavy atom. The van der Waals surface area contributed by atoms with Crippen LogP contribution in [0.15, 0.2) is 73.1 Å². The van der Waals surface area contributed by atoms with Crippen LogP contribution < -0.4 is 4.74 Å². The molecule has 1 aliphatic carbocycles. The van der Waals surface area contributed by atoms with Gasteiger partial charge < -0.3 is 9.72 Å². The van der Waals surface area contributed by atoms with Crippen molar-refractivity contribution in [3.05, 3.63) is 78.9 Å². The Bertz CT molecular complexity index is 1150. The van der Waals surface area contributed by atoms with Gasteiger partial charge in [0.2, 0.25) is 5.88 Å². The quantitative estimate of drug-likeness (QED) is 0.398. The van der Waals surface area contributed by atoms with Gasteiger partial charge in [-0.05, 0) is 55.0 Å². The number of halogens is 1. The second kappa shape index (κ2) is 8.72. The molecule has 31 heavy (non-hydrogen) atoms. The number of imidazole rings is 1. The predicted molar refractivity (Wildman–Crippen MR) is 120 cm³/mol. The number of nitrogens with one attached hydrogen (secondary N) is 1. The summed E-state index contributed by atoms with van der Waals surface area (Å²) in [6.45, 7) is 0. The maximum absolute atomic E-state index is 14.9. The van der Waals surface area contributed by atoms with Gasteiger partial charge >= 0.3 is 0 Å². The molecule has 0 bridgehead atoms. The van der Waals surface area contributed by atoms with Crippen LogP contribution in [0.25, 0.3) is 33.8 Å². The molecule has 0 spiro atoms. The van der Waals surface area contributed by atoms with Crippen LogP contribution in [0.4, 0.5) is 4.39 Å². The number of pyridine rings is 1. The summed E-state index contributed by atoms with van der Waals surface area (Å²) in [6.07, 6.45) is 9.65. The fourth-order valence-corrected chi connectivity index (χ4v) is 4.08. The summed E-state index contributed by atoms with van der Waals surface area (Å²) in [6, 6.07) is 18.8. The van der Waals surface area contributed by atoms with E-state index in [1.54, 1.807) is 18.5 Å². The standard InChI is InChI=1S/C26H24FN3O/c27-23-15-19(20-12-14-25(28-16-20)31-21-9-5-2-6-10-21)11-13-22(23)26-29-17-24(30-26)18-7-3-1-4-8-18/h1,3-4,7-8,11-17,21H,2,5-6,9-10H2,(H,29,30). The molecule has 0 saturated heterocycles. The van der Waals surface area contributed by atoms with Crippen LogP contribution in [-0.2, 0) is 0 Å². The Morgan fingerprint density at radius 2 is 1.61 bits per heavy atom. The van der Waals surface area contributed by atoms with Crippen molar-refractivity contribution in [1.82, 2.24) is 15.0 Å². The van der Waals surface area contributed by atoms with Gasteiger partial charge in [-0.25, -0.2) is 14.4 Å². The van der Waals surface area contributed by atoms with Crippen molar-refractivity contribution in [2.75, 3.05) is 0 Å². The number of ether oxygens (including phenoxy) is 1. The molecule has 4 nitrogen and oxygen atoms in total. The molecule has 1 fully saturated rings. The maximum Gasteiger partial charge on any atom is 0.213 e. The van der Waals surface area contributed by atoms with Gasteiger partial charge in [-0.1, -0.05) is 42.8 Å². The van der Waals surface area contributed by atoms with E-state index < -0.39 is 0 Å². The zero-order valence-electron chi connectivity index (χ0n) is 17.2. The topological polar surface area (TPSA) is 50.8 Å². The van der Waals surface area contributed by atoms with E-state index >= 15 is 0 Å². The highest BCUT2D eigenvalue weighted by atomic mass is 19.1. The number of benzene rings is 2. The second-order valence-electron chi connectivity index (χ2n) is 7.97. The number of hydrogen-bond donors (Lipinski definition) is 1. The summed E-state index contributed by atoms with van der Waals surface area (Å²) in [5, 5.41) is 0. The molecular formula is C26H24FN3O. The van der Waals surface area contributed by atoms with Gasteiger partial charge in [0.15, 0.2) is 0 Å². The largest absolute Gasteiger partial charge is 0.474 e. The number of hydrogen-bond acceptors (Lipinski definition) is 3. The lowest BCUT2D eigenvalue weighted by Crippen LogP contribution is -2.20. The third kappa shape index (κ3) is 4.36. The summed E-state index contributed by atoms with van der Waals surface area (Å²) < 4.78 is 20.9. The van der Waals surface area contributed by atoms with Crippen molar-refractivity contribution in [2.24, 2.45) is 0 Å². The first kappa shape index (κ1) is 19.5. The van der Waals surface area contributed by atoms with Crippen molar-refractivity contribution in [2.45, 2.75) is 38.2 Å². The molecule has 156 valence electrons. The molecular weight excluding hydrogens is 389 g/mol. The average Bonchev–Trinajstić information content (AvgIpc) is 3.31. The normalized spacial score (nSPS) is 14.5. The zero-order valence-corrected chi connectivity index (χ0v) is 17.2. The number of aromatic amines is 1. The van der Waals surface area contributed by atoms with E-state index in [0.717, 1.165) is 35.2 Å². The van der Waals surface area contributed by atoms with Crippen molar-refractivity contribution < 1.29 is 9.13 Å². The van der Waals surface area contributed by atoms with Crippen molar-refractivity contribution in [1.29, 1.82) is 0 Å². The first-order valence-corrected chi connectivity index (χ1v) is 10.8. The number of nitrogens with zero attached hydrogens (tertiary/aromatic N) is 2. The highest BCUT2D eigenvalue weighted by molar-refractivity contribution is 5.69. The molecule has 1 saturated carbocycles. The van der Waals surface area contributed by atoms with E-state index in [0.29, 0.717) is 17.3 Å². The summed E-state index contributed by atoms with van der Waals surface area (Å²) in [7, 11) is 0. The molecule has 4 aromatic rings. The van der Waals surface area contributed by atoms with Crippen LogP contribution in [0, 0.1) is 5.82 Å². The van der Waals surface area contributed by atoms with Gasteiger partial charge in [-0.15, -0.1) is 0 Å². The molecule has 0 unspecified atom stereocenters. The Morgan fingerprint density at radius 3 is 2.35 bits per heavy atom. The number of rotatable bonds is 5. The Hall–Kier alpha value is -3.47. The first-order valence-electron chi connectivity index (χ1n) is 10.8. The monoisotopic (exact) mass is 413 g/mol. The minimum atomic E-state index is -0.325. The fourth-order valence-electron chi connectivity index (χ4n) is 4.08. The highest BCUT2D eigenvalue weighted by Crippen LogP contribution is 2.29. The predicted octanol–water partition coefficient (Wildman–Crippen LogP) is 6.66. The van der Waals surface area contributed by atoms with E-state index in [1.807, 2.05) is 48.5 Å². The molecule has 1 N–H and O–H groups in total. The Balaban J connectivity index is 1.33. The smallest absolute Gasteiger partial charge is 0.213 e. The Kier molecular flexibility index (Phi) is 5.48. The third-order valence-corrected chi connectivity index (χ3v) is 5.79. The van der Waals surface area contributed by atoms with Crippen molar-refractivity contribution in [3.8, 4) is 39.7 Å². The molecule has 0 radical (unpaired) electrons. The van der Waals surface area contributed by atoms with Gasteiger partial charge in [0.1, 0.15) is 17.7 Å². The van der Waals surface area contributed by atoms with E-state index in [-0.39, 0.29) is 11.9 Å². The van der Waals surface area contributed by atoms with Crippen LogP contribution >= 0.6 is 0 Å². The van der Waals surface area contributed by atoms with Crippen LogP contribution in [0.3, 0.4) is 0 Å². The highest BCUT2D eigenvalue weighted by Gasteiger charge is 2.16. The molecule has 0 amide bonds. The number of aromatic nitrogens is 3. The Labute approximate surface area is 181 Å². The molecule has 5 rings (SSSR count). The minimum absolute atomic E-state index is 0.262. The lowest BCUT2D eigenvalue weighted by Gasteiger charge is -2.22. The van der Waals surface area contributed by atoms with E-state index in [2.05, 4.69) is 15.0 Å². The van der Waals surface area contributed by atoms with E-state index in [1.165, 1.54) is 25.3 Å². The van der Waals surface area contributed by atoms with Crippen LogP contribution in [0.1, 0.15) is 32.1 Å². The van der Waals surface area contributed by atoms with Crippen LogP contribution in [0.2, 0.25) is 0 Å². The van der Waals surface area contributed by atoms with Gasteiger partial charge in [0, 0.05) is 17.8 Å². The maximum atomic E-state index is 14.9. The van der Waals surface area contributed by atoms with Crippen molar-refractivity contribution in [3.63, 3.8) is 0 Å². The molecule has 0 atom stereocenters. The van der Waals surface area contributed by atoms with Gasteiger partial charge in [0.05, 0.1) is 17.5 Å². The third-order valence-electron chi connectivity index (χ3n) is 5.79. The summed E-state index contributed by atoms with van der Waals surface area (Å²) in [5.41, 5.74) is 3.94. The lowest BCUT2D eigenvalue weighted by molar-refractivity contribution is 0.148. The van der Waals surface area contributed by atoms with Crippen LogP contribution in [0.5, 0.6) is 5.88 Å². The second-order valence-corrected chi connectivity index (χ2v) is 7.97. The molecule has 2 aromatic heterocycles. The van der Waals surface area contributed by atoms with E-state index in [9.17, 15) is 4.39 Å². The summed E-state index contributed by atoms with van der Waals surface area (Å²) in [5.74, 6) is 0.822. The van der Waals surface area contributed by atoms with Gasteiger partial charge in [-0.3, -0.25) is 0 Å². The number of H-pyrrole nitrogens is 1.